The topological polar surface area (TPSA) is 86.5 Å². The van der Waals surface area contributed by atoms with E-state index in [-0.39, 0.29) is 11.7 Å². The second kappa shape index (κ2) is 8.23. The molecule has 6 nitrogen and oxygen atoms in total. The van der Waals surface area contributed by atoms with Crippen LogP contribution >= 0.6 is 0 Å². The zero-order valence-electron chi connectivity index (χ0n) is 15.2. The first kappa shape index (κ1) is 18.3. The standard InChI is InChI=1S/C21H21N3O3/c1-3-26-17-6-4-5-7-18(17)27-16-10-8-15(9-11-16)24-21(25)19-14(2)12-13-23-20(19)22/h4-13H,3H2,1-2H3,(H2,22,23)(H,24,25). The van der Waals surface area contributed by atoms with Crippen LogP contribution in [0.15, 0.2) is 60.8 Å². The Bertz CT molecular complexity index is 919. The minimum atomic E-state index is -0.298. The molecule has 0 bridgehead atoms. The van der Waals surface area contributed by atoms with E-state index in [9.17, 15) is 4.79 Å². The number of aromatic nitrogens is 1. The van der Waals surface area contributed by atoms with Crippen LogP contribution < -0.4 is 20.5 Å². The summed E-state index contributed by atoms with van der Waals surface area (Å²) in [5, 5.41) is 2.82. The number of hydrogen-bond acceptors (Lipinski definition) is 5. The molecule has 0 atom stereocenters. The summed E-state index contributed by atoms with van der Waals surface area (Å²) in [4.78, 5) is 16.4. The second-order valence-electron chi connectivity index (χ2n) is 5.85. The van der Waals surface area contributed by atoms with Crippen molar-refractivity contribution in [1.82, 2.24) is 4.98 Å². The summed E-state index contributed by atoms with van der Waals surface area (Å²) in [6.07, 6.45) is 1.58. The molecule has 3 rings (SSSR count). The maximum Gasteiger partial charge on any atom is 0.259 e. The molecule has 138 valence electrons. The van der Waals surface area contributed by atoms with Crippen LogP contribution in [0.4, 0.5) is 11.5 Å². The summed E-state index contributed by atoms with van der Waals surface area (Å²) in [6, 6.07) is 16.3. The number of rotatable bonds is 6. The molecule has 3 aromatic rings. The Morgan fingerprint density at radius 1 is 1.07 bits per heavy atom. The van der Waals surface area contributed by atoms with Crippen LogP contribution in [0.2, 0.25) is 0 Å². The van der Waals surface area contributed by atoms with E-state index in [1.165, 1.54) is 0 Å². The Balaban J connectivity index is 1.72. The number of para-hydroxylation sites is 2. The van der Waals surface area contributed by atoms with Gasteiger partial charge >= 0.3 is 0 Å². The van der Waals surface area contributed by atoms with Crippen molar-refractivity contribution in [3.63, 3.8) is 0 Å². The molecule has 1 amide bonds. The van der Waals surface area contributed by atoms with Gasteiger partial charge in [0.25, 0.3) is 5.91 Å². The third-order valence-corrected chi connectivity index (χ3v) is 3.90. The number of benzene rings is 2. The molecule has 27 heavy (non-hydrogen) atoms. The summed E-state index contributed by atoms with van der Waals surface area (Å²) < 4.78 is 11.4. The number of nitrogen functional groups attached to an aromatic ring is 1. The van der Waals surface area contributed by atoms with Gasteiger partial charge in [-0.25, -0.2) is 4.98 Å². The van der Waals surface area contributed by atoms with Crippen molar-refractivity contribution in [2.24, 2.45) is 0 Å². The van der Waals surface area contributed by atoms with Gasteiger partial charge in [-0.1, -0.05) is 12.1 Å². The average molecular weight is 363 g/mol. The molecular formula is C21H21N3O3. The molecule has 0 aliphatic heterocycles. The van der Waals surface area contributed by atoms with Crippen molar-refractivity contribution in [2.75, 3.05) is 17.7 Å². The van der Waals surface area contributed by atoms with Crippen LogP contribution in [0.25, 0.3) is 0 Å². The van der Waals surface area contributed by atoms with Gasteiger partial charge in [0, 0.05) is 11.9 Å². The monoisotopic (exact) mass is 363 g/mol. The molecule has 1 aromatic heterocycles. The zero-order valence-corrected chi connectivity index (χ0v) is 15.2. The molecule has 0 aliphatic rings. The quantitative estimate of drug-likeness (QED) is 0.677. The van der Waals surface area contributed by atoms with E-state index in [2.05, 4.69) is 10.3 Å². The number of nitrogens with two attached hydrogens (primary N) is 1. The number of hydrogen-bond donors (Lipinski definition) is 2. The van der Waals surface area contributed by atoms with E-state index < -0.39 is 0 Å². The highest BCUT2D eigenvalue weighted by molar-refractivity contribution is 6.08. The summed E-state index contributed by atoms with van der Waals surface area (Å²) in [5.41, 5.74) is 7.60. The van der Waals surface area contributed by atoms with Crippen LogP contribution in [0, 0.1) is 6.92 Å². The Morgan fingerprint density at radius 2 is 1.78 bits per heavy atom. The fourth-order valence-electron chi connectivity index (χ4n) is 2.61. The average Bonchev–Trinajstić information content (AvgIpc) is 2.65. The maximum absolute atomic E-state index is 12.5. The Labute approximate surface area is 158 Å². The molecular weight excluding hydrogens is 342 g/mol. The van der Waals surface area contributed by atoms with E-state index in [1.54, 1.807) is 36.5 Å². The number of carbonyl (C=O) groups is 1. The number of anilines is 2. The summed E-state index contributed by atoms with van der Waals surface area (Å²) >= 11 is 0. The molecule has 0 aliphatic carbocycles. The van der Waals surface area contributed by atoms with Gasteiger partial charge < -0.3 is 20.5 Å². The Morgan fingerprint density at radius 3 is 2.44 bits per heavy atom. The largest absolute Gasteiger partial charge is 0.490 e. The molecule has 0 radical (unpaired) electrons. The van der Waals surface area contributed by atoms with Crippen molar-refractivity contribution < 1.29 is 14.3 Å². The van der Waals surface area contributed by atoms with Crippen LogP contribution in [0.1, 0.15) is 22.8 Å². The van der Waals surface area contributed by atoms with Gasteiger partial charge in [-0.05, 0) is 61.9 Å². The highest BCUT2D eigenvalue weighted by atomic mass is 16.5. The third-order valence-electron chi connectivity index (χ3n) is 3.90. The number of ether oxygens (including phenoxy) is 2. The minimum Gasteiger partial charge on any atom is -0.490 e. The normalized spacial score (nSPS) is 10.3. The maximum atomic E-state index is 12.5. The van der Waals surface area contributed by atoms with Gasteiger partial charge in [0.05, 0.1) is 12.2 Å². The predicted octanol–water partition coefficient (Wildman–Crippen LogP) is 4.42. The van der Waals surface area contributed by atoms with Crippen LogP contribution in [-0.4, -0.2) is 17.5 Å². The lowest BCUT2D eigenvalue weighted by atomic mass is 10.1. The van der Waals surface area contributed by atoms with Gasteiger partial charge in [0.15, 0.2) is 11.5 Å². The SMILES string of the molecule is CCOc1ccccc1Oc1ccc(NC(=O)c2c(C)ccnc2N)cc1. The van der Waals surface area contributed by atoms with Crippen molar-refractivity contribution in [2.45, 2.75) is 13.8 Å². The molecule has 6 heteroatoms. The highest BCUT2D eigenvalue weighted by Gasteiger charge is 2.14. The van der Waals surface area contributed by atoms with Gasteiger partial charge in [-0.2, -0.15) is 0 Å². The van der Waals surface area contributed by atoms with Crippen molar-refractivity contribution in [3.8, 4) is 17.2 Å². The molecule has 1 heterocycles. The smallest absolute Gasteiger partial charge is 0.259 e. The molecule has 0 fully saturated rings. The lowest BCUT2D eigenvalue weighted by Gasteiger charge is -2.12. The molecule has 3 N–H and O–H groups in total. The van der Waals surface area contributed by atoms with Crippen LogP contribution in [-0.2, 0) is 0 Å². The number of pyridine rings is 1. The lowest BCUT2D eigenvalue weighted by molar-refractivity contribution is 0.102. The second-order valence-corrected chi connectivity index (χ2v) is 5.85. The molecule has 2 aromatic carbocycles. The summed E-state index contributed by atoms with van der Waals surface area (Å²) in [6.45, 7) is 4.30. The zero-order chi connectivity index (χ0) is 19.2. The fourth-order valence-corrected chi connectivity index (χ4v) is 2.61. The van der Waals surface area contributed by atoms with Gasteiger partial charge in [0.1, 0.15) is 11.6 Å². The van der Waals surface area contributed by atoms with E-state index in [4.69, 9.17) is 15.2 Å². The third kappa shape index (κ3) is 4.36. The summed E-state index contributed by atoms with van der Waals surface area (Å²) in [7, 11) is 0. The summed E-state index contributed by atoms with van der Waals surface area (Å²) in [5.74, 6) is 1.86. The number of carbonyl (C=O) groups excluding carboxylic acids is 1. The van der Waals surface area contributed by atoms with E-state index in [0.29, 0.717) is 35.1 Å². The molecule has 0 spiro atoms. The number of nitrogens with one attached hydrogen (secondary N) is 1. The van der Waals surface area contributed by atoms with Gasteiger partial charge in [-0.15, -0.1) is 0 Å². The Hall–Kier alpha value is -3.54. The molecule has 0 saturated carbocycles. The van der Waals surface area contributed by atoms with E-state index in [0.717, 1.165) is 5.56 Å². The predicted molar refractivity (Wildman–Crippen MR) is 105 cm³/mol. The van der Waals surface area contributed by atoms with E-state index >= 15 is 0 Å². The first-order chi connectivity index (χ1) is 13.1. The van der Waals surface area contributed by atoms with Crippen molar-refractivity contribution in [3.05, 3.63) is 71.9 Å². The van der Waals surface area contributed by atoms with Crippen LogP contribution in [0.3, 0.4) is 0 Å². The minimum absolute atomic E-state index is 0.208. The molecule has 0 unspecified atom stereocenters. The first-order valence-corrected chi connectivity index (χ1v) is 8.60. The number of aryl methyl sites for hydroxylation is 1. The van der Waals surface area contributed by atoms with E-state index in [1.807, 2.05) is 38.1 Å². The number of nitrogens with zero attached hydrogens (tertiary/aromatic N) is 1. The van der Waals surface area contributed by atoms with Crippen molar-refractivity contribution in [1.29, 1.82) is 0 Å². The highest BCUT2D eigenvalue weighted by Crippen LogP contribution is 2.31. The van der Waals surface area contributed by atoms with Crippen LogP contribution in [0.5, 0.6) is 17.2 Å². The molecule has 0 saturated heterocycles. The Kier molecular flexibility index (Phi) is 5.56. The first-order valence-electron chi connectivity index (χ1n) is 8.60. The fraction of sp³-hybridized carbons (Fsp3) is 0.143. The van der Waals surface area contributed by atoms with Gasteiger partial charge in [-0.3, -0.25) is 4.79 Å². The van der Waals surface area contributed by atoms with Crippen molar-refractivity contribution >= 4 is 17.4 Å². The number of amides is 1. The lowest BCUT2D eigenvalue weighted by Crippen LogP contribution is -2.16. The van der Waals surface area contributed by atoms with Gasteiger partial charge in [0.2, 0.25) is 0 Å².